The van der Waals surface area contributed by atoms with E-state index in [1.54, 1.807) is 20.8 Å². The topological polar surface area (TPSA) is 87.9 Å². The molecule has 0 bridgehead atoms. The van der Waals surface area contributed by atoms with Gasteiger partial charge in [-0.1, -0.05) is 0 Å². The number of hydrogen-bond donors (Lipinski definition) is 0. The summed E-state index contributed by atoms with van der Waals surface area (Å²) in [6.07, 6.45) is -0.478. The van der Waals surface area contributed by atoms with Gasteiger partial charge < -0.3 is 14.2 Å². The molecular formula is C11H19NO6. The Kier molecular flexibility index (Phi) is 5.03. The van der Waals surface area contributed by atoms with Gasteiger partial charge in [0.1, 0.15) is 0 Å². The van der Waals surface area contributed by atoms with E-state index >= 15 is 0 Å². The lowest BCUT2D eigenvalue weighted by molar-refractivity contribution is -0.490. The van der Waals surface area contributed by atoms with Crippen molar-refractivity contribution in [3.05, 3.63) is 10.1 Å². The molecule has 1 aliphatic rings. The number of ether oxygens (including phenoxy) is 3. The molecule has 18 heavy (non-hydrogen) atoms. The zero-order valence-electron chi connectivity index (χ0n) is 10.9. The smallest absolute Gasteiger partial charge is 0.306 e. The Bertz CT molecular complexity index is 317. The van der Waals surface area contributed by atoms with Gasteiger partial charge in [0.15, 0.2) is 5.79 Å². The number of carbonyl (C=O) groups is 1. The zero-order chi connectivity index (χ0) is 13.8. The van der Waals surface area contributed by atoms with Gasteiger partial charge in [-0.2, -0.15) is 0 Å². The SMILES string of the molecule is CCOC(=O)CC(C[N+](=O)[O-])C1COC(C)(C)O1. The number of carbonyl (C=O) groups excluding carboxylic acids is 1. The van der Waals surface area contributed by atoms with Crippen LogP contribution in [0.25, 0.3) is 0 Å². The molecule has 1 aliphatic heterocycles. The van der Waals surface area contributed by atoms with E-state index in [0.717, 1.165) is 0 Å². The first-order chi connectivity index (χ1) is 8.34. The standard InChI is InChI=1S/C11H19NO6/c1-4-16-10(13)5-8(6-12(14)15)9-7-17-11(2,3)18-9/h8-9H,4-7H2,1-3H3. The third-order valence-corrected chi connectivity index (χ3v) is 2.67. The van der Waals surface area contributed by atoms with Crippen molar-refractivity contribution in [2.75, 3.05) is 19.8 Å². The van der Waals surface area contributed by atoms with E-state index in [0.29, 0.717) is 0 Å². The summed E-state index contributed by atoms with van der Waals surface area (Å²) in [5, 5.41) is 10.6. The van der Waals surface area contributed by atoms with Gasteiger partial charge in [-0.3, -0.25) is 14.9 Å². The van der Waals surface area contributed by atoms with Crippen molar-refractivity contribution in [3.63, 3.8) is 0 Å². The van der Waals surface area contributed by atoms with E-state index in [2.05, 4.69) is 0 Å². The Balaban J connectivity index is 2.61. The number of nitrogens with zero attached hydrogens (tertiary/aromatic N) is 1. The van der Waals surface area contributed by atoms with Crippen molar-refractivity contribution < 1.29 is 23.9 Å². The predicted molar refractivity (Wildman–Crippen MR) is 61.5 cm³/mol. The number of hydrogen-bond acceptors (Lipinski definition) is 6. The summed E-state index contributed by atoms with van der Waals surface area (Å²) >= 11 is 0. The second kappa shape index (κ2) is 6.10. The second-order valence-corrected chi connectivity index (χ2v) is 4.65. The molecule has 0 spiro atoms. The van der Waals surface area contributed by atoms with Crippen molar-refractivity contribution in [1.29, 1.82) is 0 Å². The Morgan fingerprint density at radius 1 is 1.61 bits per heavy atom. The first kappa shape index (κ1) is 14.8. The summed E-state index contributed by atoms with van der Waals surface area (Å²) < 4.78 is 15.7. The molecule has 2 atom stereocenters. The Hall–Kier alpha value is -1.21. The predicted octanol–water partition coefficient (Wildman–Crippen LogP) is 0.984. The molecule has 0 aliphatic carbocycles. The van der Waals surface area contributed by atoms with Gasteiger partial charge >= 0.3 is 5.97 Å². The van der Waals surface area contributed by atoms with Crippen LogP contribution < -0.4 is 0 Å². The molecule has 1 rings (SSSR count). The molecule has 7 nitrogen and oxygen atoms in total. The molecule has 7 heteroatoms. The average molecular weight is 261 g/mol. The maximum Gasteiger partial charge on any atom is 0.306 e. The Morgan fingerprint density at radius 2 is 2.28 bits per heavy atom. The Labute approximate surface area is 106 Å². The van der Waals surface area contributed by atoms with E-state index in [9.17, 15) is 14.9 Å². The zero-order valence-corrected chi connectivity index (χ0v) is 10.9. The van der Waals surface area contributed by atoms with Crippen LogP contribution in [0.1, 0.15) is 27.2 Å². The van der Waals surface area contributed by atoms with E-state index in [1.807, 2.05) is 0 Å². The fourth-order valence-corrected chi connectivity index (χ4v) is 1.89. The highest BCUT2D eigenvalue weighted by molar-refractivity contribution is 5.69. The van der Waals surface area contributed by atoms with Crippen molar-refractivity contribution >= 4 is 5.97 Å². The molecule has 2 unspecified atom stereocenters. The van der Waals surface area contributed by atoms with Crippen LogP contribution in [0.4, 0.5) is 0 Å². The van der Waals surface area contributed by atoms with Crippen molar-refractivity contribution in [1.82, 2.24) is 0 Å². The van der Waals surface area contributed by atoms with Gasteiger partial charge in [0, 0.05) is 4.92 Å². The van der Waals surface area contributed by atoms with Gasteiger partial charge in [-0.05, 0) is 20.8 Å². The van der Waals surface area contributed by atoms with Crippen molar-refractivity contribution in [2.45, 2.75) is 39.1 Å². The monoisotopic (exact) mass is 261 g/mol. The average Bonchev–Trinajstić information content (AvgIpc) is 2.57. The van der Waals surface area contributed by atoms with Gasteiger partial charge in [0.25, 0.3) is 0 Å². The fraction of sp³-hybridized carbons (Fsp3) is 0.909. The summed E-state index contributed by atoms with van der Waals surface area (Å²) in [6, 6.07) is 0. The molecule has 1 saturated heterocycles. The van der Waals surface area contributed by atoms with E-state index < -0.39 is 28.7 Å². The molecule has 0 aromatic heterocycles. The summed E-state index contributed by atoms with van der Waals surface area (Å²) in [5.74, 6) is -1.73. The molecule has 0 saturated carbocycles. The molecule has 0 N–H and O–H groups in total. The van der Waals surface area contributed by atoms with Gasteiger partial charge in [0.05, 0.1) is 31.7 Å². The third kappa shape index (κ3) is 4.58. The molecule has 0 aromatic rings. The minimum Gasteiger partial charge on any atom is -0.466 e. The lowest BCUT2D eigenvalue weighted by Gasteiger charge is -2.21. The summed E-state index contributed by atoms with van der Waals surface area (Å²) in [5.41, 5.74) is 0. The first-order valence-electron chi connectivity index (χ1n) is 5.93. The van der Waals surface area contributed by atoms with Crippen LogP contribution in [0.3, 0.4) is 0 Å². The van der Waals surface area contributed by atoms with Crippen LogP contribution in [0.2, 0.25) is 0 Å². The Morgan fingerprint density at radius 3 is 2.72 bits per heavy atom. The second-order valence-electron chi connectivity index (χ2n) is 4.65. The van der Waals surface area contributed by atoms with Gasteiger partial charge in [-0.15, -0.1) is 0 Å². The highest BCUT2D eigenvalue weighted by atomic mass is 16.7. The molecule has 1 heterocycles. The molecule has 1 fully saturated rings. The van der Waals surface area contributed by atoms with Crippen LogP contribution >= 0.6 is 0 Å². The highest BCUT2D eigenvalue weighted by Gasteiger charge is 2.40. The first-order valence-corrected chi connectivity index (χ1v) is 5.93. The maximum atomic E-state index is 11.4. The minimum atomic E-state index is -0.756. The van der Waals surface area contributed by atoms with E-state index in [-0.39, 0.29) is 26.2 Å². The number of nitro groups is 1. The largest absolute Gasteiger partial charge is 0.466 e. The van der Waals surface area contributed by atoms with Gasteiger partial charge in [-0.25, -0.2) is 0 Å². The van der Waals surface area contributed by atoms with Crippen LogP contribution in [-0.2, 0) is 19.0 Å². The lowest BCUT2D eigenvalue weighted by atomic mass is 9.99. The summed E-state index contributed by atoms with van der Waals surface area (Å²) in [6.45, 7) is 5.35. The van der Waals surface area contributed by atoms with Crippen LogP contribution in [0, 0.1) is 16.0 Å². The molecule has 0 amide bonds. The van der Waals surface area contributed by atoms with E-state index in [1.165, 1.54) is 0 Å². The van der Waals surface area contributed by atoms with Crippen molar-refractivity contribution in [3.8, 4) is 0 Å². The van der Waals surface area contributed by atoms with E-state index in [4.69, 9.17) is 14.2 Å². The number of esters is 1. The summed E-state index contributed by atoms with van der Waals surface area (Å²) in [4.78, 5) is 21.6. The van der Waals surface area contributed by atoms with Crippen LogP contribution in [0.5, 0.6) is 0 Å². The third-order valence-electron chi connectivity index (χ3n) is 2.67. The van der Waals surface area contributed by atoms with Crippen molar-refractivity contribution in [2.24, 2.45) is 5.92 Å². The fourth-order valence-electron chi connectivity index (χ4n) is 1.89. The summed E-state index contributed by atoms with van der Waals surface area (Å²) in [7, 11) is 0. The maximum absolute atomic E-state index is 11.4. The van der Waals surface area contributed by atoms with Crippen LogP contribution in [0.15, 0.2) is 0 Å². The molecule has 0 radical (unpaired) electrons. The quantitative estimate of drug-likeness (QED) is 0.402. The van der Waals surface area contributed by atoms with Crippen LogP contribution in [-0.4, -0.2) is 42.5 Å². The minimum absolute atomic E-state index is 0.0288. The molecular weight excluding hydrogens is 242 g/mol. The number of rotatable bonds is 6. The normalized spacial score (nSPS) is 23.6. The molecule has 104 valence electrons. The lowest BCUT2D eigenvalue weighted by Crippen LogP contribution is -2.33. The highest BCUT2D eigenvalue weighted by Crippen LogP contribution is 2.28. The van der Waals surface area contributed by atoms with Gasteiger partial charge in [0.2, 0.25) is 6.54 Å². The molecule has 0 aromatic carbocycles.